The van der Waals surface area contributed by atoms with Crippen molar-refractivity contribution in [3.63, 3.8) is 0 Å². The largest absolute Gasteiger partial charge is 0.550 e. The van der Waals surface area contributed by atoms with Gasteiger partial charge in [-0.05, 0) is 30.5 Å². The summed E-state index contributed by atoms with van der Waals surface area (Å²) in [7, 11) is 0. The summed E-state index contributed by atoms with van der Waals surface area (Å²) in [5.41, 5.74) is 0.749. The fourth-order valence-electron chi connectivity index (χ4n) is 1.35. The van der Waals surface area contributed by atoms with Crippen molar-refractivity contribution in [3.8, 4) is 0 Å². The van der Waals surface area contributed by atoms with Gasteiger partial charge in [0.05, 0.1) is 0 Å². The topological polar surface area (TPSA) is 80.3 Å². The maximum Gasteiger partial charge on any atom is 0.0452 e. The van der Waals surface area contributed by atoms with E-state index in [4.69, 9.17) is 0 Å². The number of hydrogen-bond acceptors (Lipinski definition) is 4. The van der Waals surface area contributed by atoms with Crippen molar-refractivity contribution < 1.29 is 19.8 Å². The van der Waals surface area contributed by atoms with E-state index in [2.05, 4.69) is 15.9 Å². The Kier molecular flexibility index (Phi) is 4.49. The normalized spacial score (nSPS) is 12.1. The molecule has 0 bridgehead atoms. The molecule has 0 saturated heterocycles. The summed E-state index contributed by atoms with van der Waals surface area (Å²) in [4.78, 5) is 21.0. The number of aliphatic carboxylic acids is 2. The van der Waals surface area contributed by atoms with Crippen LogP contribution in [0.4, 0.5) is 0 Å². The van der Waals surface area contributed by atoms with E-state index in [1.54, 1.807) is 24.3 Å². The SMILES string of the molecule is O=C([O-])C[C@@H](Cc1ccc(Br)cc1)C(=O)[O-]. The average Bonchev–Trinajstić information content (AvgIpc) is 2.19. The van der Waals surface area contributed by atoms with Crippen LogP contribution >= 0.6 is 15.9 Å². The predicted molar refractivity (Wildman–Crippen MR) is 56.0 cm³/mol. The zero-order valence-corrected chi connectivity index (χ0v) is 9.90. The zero-order valence-electron chi connectivity index (χ0n) is 8.31. The van der Waals surface area contributed by atoms with Gasteiger partial charge in [-0.1, -0.05) is 28.1 Å². The molecule has 0 N–H and O–H groups in total. The molecule has 1 rings (SSSR count). The molecular weight excluding hydrogens is 276 g/mol. The van der Waals surface area contributed by atoms with Gasteiger partial charge in [0.2, 0.25) is 0 Å². The van der Waals surface area contributed by atoms with Gasteiger partial charge >= 0.3 is 0 Å². The molecule has 0 radical (unpaired) electrons. The van der Waals surface area contributed by atoms with E-state index < -0.39 is 24.3 Å². The molecule has 0 unspecified atom stereocenters. The van der Waals surface area contributed by atoms with Gasteiger partial charge in [-0.25, -0.2) is 0 Å². The second-order valence-corrected chi connectivity index (χ2v) is 4.34. The monoisotopic (exact) mass is 284 g/mol. The Hall–Kier alpha value is -1.36. The minimum absolute atomic E-state index is 0.129. The van der Waals surface area contributed by atoms with Crippen molar-refractivity contribution >= 4 is 27.9 Å². The number of carboxylic acids is 2. The highest BCUT2D eigenvalue weighted by atomic mass is 79.9. The van der Waals surface area contributed by atoms with Gasteiger partial charge < -0.3 is 19.8 Å². The minimum Gasteiger partial charge on any atom is -0.550 e. The zero-order chi connectivity index (χ0) is 12.1. The van der Waals surface area contributed by atoms with Crippen molar-refractivity contribution in [3.05, 3.63) is 34.3 Å². The van der Waals surface area contributed by atoms with Crippen LogP contribution in [-0.2, 0) is 16.0 Å². The Labute approximate surface area is 101 Å². The molecule has 0 spiro atoms. The summed E-state index contributed by atoms with van der Waals surface area (Å²) in [5, 5.41) is 21.0. The van der Waals surface area contributed by atoms with Crippen molar-refractivity contribution in [2.24, 2.45) is 5.92 Å². The Morgan fingerprint density at radius 3 is 2.19 bits per heavy atom. The molecule has 0 aliphatic carbocycles. The van der Waals surface area contributed by atoms with Crippen molar-refractivity contribution in [1.82, 2.24) is 0 Å². The number of carboxylic acid groups (broad SMARTS) is 2. The fourth-order valence-corrected chi connectivity index (χ4v) is 1.61. The van der Waals surface area contributed by atoms with E-state index in [0.29, 0.717) is 0 Å². The van der Waals surface area contributed by atoms with Crippen LogP contribution in [0.25, 0.3) is 0 Å². The first-order valence-corrected chi connectivity index (χ1v) is 5.43. The molecule has 1 aromatic carbocycles. The number of carbonyl (C=O) groups is 2. The van der Waals surface area contributed by atoms with E-state index in [0.717, 1.165) is 10.0 Å². The molecule has 1 aromatic rings. The van der Waals surface area contributed by atoms with Crippen molar-refractivity contribution in [1.29, 1.82) is 0 Å². The molecule has 0 fully saturated rings. The van der Waals surface area contributed by atoms with Gasteiger partial charge in [0, 0.05) is 22.3 Å². The number of carbonyl (C=O) groups excluding carboxylic acids is 2. The first-order valence-electron chi connectivity index (χ1n) is 4.64. The summed E-state index contributed by atoms with van der Waals surface area (Å²) in [6.45, 7) is 0. The molecule has 5 heteroatoms. The van der Waals surface area contributed by atoms with Gasteiger partial charge in [0.1, 0.15) is 0 Å². The third-order valence-corrected chi connectivity index (χ3v) is 2.67. The fraction of sp³-hybridized carbons (Fsp3) is 0.273. The highest BCUT2D eigenvalue weighted by Crippen LogP contribution is 2.15. The van der Waals surface area contributed by atoms with E-state index in [1.165, 1.54) is 0 Å². The standard InChI is InChI=1S/C11H11BrO4/c12-9-3-1-7(2-4-9)5-8(11(15)16)6-10(13)14/h1-4,8H,5-6H2,(H,13,14)(H,15,16)/p-2/t8-/m1/s1. The van der Waals surface area contributed by atoms with Crippen LogP contribution in [0.2, 0.25) is 0 Å². The van der Waals surface area contributed by atoms with Crippen LogP contribution in [0, 0.1) is 5.92 Å². The Balaban J connectivity index is 2.71. The molecule has 86 valence electrons. The van der Waals surface area contributed by atoms with Gasteiger partial charge in [0.15, 0.2) is 0 Å². The van der Waals surface area contributed by atoms with E-state index in [9.17, 15) is 19.8 Å². The number of halogens is 1. The van der Waals surface area contributed by atoms with E-state index >= 15 is 0 Å². The second kappa shape index (κ2) is 5.65. The third kappa shape index (κ3) is 4.02. The van der Waals surface area contributed by atoms with Crippen LogP contribution < -0.4 is 10.2 Å². The molecule has 4 nitrogen and oxygen atoms in total. The Bertz CT molecular complexity index is 385. The third-order valence-electron chi connectivity index (χ3n) is 2.14. The summed E-state index contributed by atoms with van der Waals surface area (Å²) < 4.78 is 0.876. The molecule has 0 amide bonds. The number of benzene rings is 1. The molecule has 0 heterocycles. The van der Waals surface area contributed by atoms with Crippen LogP contribution in [0.15, 0.2) is 28.7 Å². The summed E-state index contributed by atoms with van der Waals surface area (Å²) >= 11 is 3.25. The molecule has 0 aromatic heterocycles. The Morgan fingerprint density at radius 1 is 1.19 bits per heavy atom. The van der Waals surface area contributed by atoms with Gasteiger partial charge in [-0.15, -0.1) is 0 Å². The summed E-state index contributed by atoms with van der Waals surface area (Å²) in [6.07, 6.45) is -0.401. The number of hydrogen-bond donors (Lipinski definition) is 0. The first-order chi connectivity index (χ1) is 7.49. The van der Waals surface area contributed by atoms with Crippen LogP contribution in [-0.4, -0.2) is 11.9 Å². The molecular formula is C11H9BrO4-2. The second-order valence-electron chi connectivity index (χ2n) is 3.42. The van der Waals surface area contributed by atoms with Crippen LogP contribution in [0.1, 0.15) is 12.0 Å². The lowest BCUT2D eigenvalue weighted by Gasteiger charge is -2.18. The lowest BCUT2D eigenvalue weighted by molar-refractivity contribution is -0.320. The first kappa shape index (κ1) is 12.7. The summed E-state index contributed by atoms with van der Waals surface area (Å²) in [6, 6.07) is 6.99. The van der Waals surface area contributed by atoms with Gasteiger partial charge in [-0.3, -0.25) is 0 Å². The molecule has 0 aliphatic heterocycles. The molecule has 16 heavy (non-hydrogen) atoms. The van der Waals surface area contributed by atoms with Gasteiger partial charge in [0.25, 0.3) is 0 Å². The van der Waals surface area contributed by atoms with Crippen molar-refractivity contribution in [2.75, 3.05) is 0 Å². The smallest absolute Gasteiger partial charge is 0.0452 e. The van der Waals surface area contributed by atoms with Crippen LogP contribution in [0.5, 0.6) is 0 Å². The van der Waals surface area contributed by atoms with E-state index in [-0.39, 0.29) is 6.42 Å². The minimum atomic E-state index is -1.38. The maximum atomic E-state index is 10.7. The lowest BCUT2D eigenvalue weighted by Crippen LogP contribution is -2.37. The van der Waals surface area contributed by atoms with Gasteiger partial charge in [-0.2, -0.15) is 0 Å². The van der Waals surface area contributed by atoms with Crippen LogP contribution in [0.3, 0.4) is 0 Å². The lowest BCUT2D eigenvalue weighted by atomic mass is 9.96. The molecule has 1 atom stereocenters. The summed E-state index contributed by atoms with van der Waals surface area (Å²) in [5.74, 6) is -3.80. The highest BCUT2D eigenvalue weighted by Gasteiger charge is 2.11. The maximum absolute atomic E-state index is 10.7. The molecule has 0 saturated carbocycles. The highest BCUT2D eigenvalue weighted by molar-refractivity contribution is 9.10. The Morgan fingerprint density at radius 2 is 1.75 bits per heavy atom. The van der Waals surface area contributed by atoms with E-state index in [1.807, 2.05) is 0 Å². The predicted octanol–water partition coefficient (Wildman–Crippen LogP) is -0.502. The quantitative estimate of drug-likeness (QED) is 0.730. The van der Waals surface area contributed by atoms with Crippen molar-refractivity contribution in [2.45, 2.75) is 12.8 Å². The number of rotatable bonds is 5. The average molecular weight is 285 g/mol. The molecule has 0 aliphatic rings.